The fourth-order valence-electron chi connectivity index (χ4n) is 3.32. The van der Waals surface area contributed by atoms with Crippen molar-refractivity contribution in [3.05, 3.63) is 35.9 Å². The molecule has 1 spiro atoms. The Labute approximate surface area is 148 Å². The molecule has 2 fully saturated rings. The zero-order chi connectivity index (χ0) is 18.1. The van der Waals surface area contributed by atoms with Crippen LogP contribution in [-0.2, 0) is 9.57 Å². The van der Waals surface area contributed by atoms with Crippen LogP contribution in [0, 0.1) is 5.41 Å². The SMILES string of the molecule is CC(C)(C)OC(=O)N[C@H]1CC12CCN(OC(=O)c1ccccc1)CC2. The van der Waals surface area contributed by atoms with Gasteiger partial charge in [-0.3, -0.25) is 0 Å². The number of nitrogens with zero attached hydrogens (tertiary/aromatic N) is 1. The van der Waals surface area contributed by atoms with Crippen molar-refractivity contribution in [3.63, 3.8) is 0 Å². The molecule has 1 amide bonds. The number of benzene rings is 1. The second kappa shape index (κ2) is 6.67. The van der Waals surface area contributed by atoms with Gasteiger partial charge in [0.25, 0.3) is 0 Å². The Morgan fingerprint density at radius 3 is 2.40 bits per heavy atom. The summed E-state index contributed by atoms with van der Waals surface area (Å²) in [7, 11) is 0. The molecular weight excluding hydrogens is 320 g/mol. The number of piperidine rings is 1. The van der Waals surface area contributed by atoms with Gasteiger partial charge in [-0.2, -0.15) is 0 Å². The lowest BCUT2D eigenvalue weighted by Crippen LogP contribution is -2.40. The van der Waals surface area contributed by atoms with E-state index in [-0.39, 0.29) is 23.5 Å². The van der Waals surface area contributed by atoms with Crippen LogP contribution >= 0.6 is 0 Å². The van der Waals surface area contributed by atoms with E-state index in [2.05, 4.69) is 5.32 Å². The van der Waals surface area contributed by atoms with Gasteiger partial charge in [0, 0.05) is 19.1 Å². The van der Waals surface area contributed by atoms with Crippen molar-refractivity contribution in [2.75, 3.05) is 13.1 Å². The fourth-order valence-corrected chi connectivity index (χ4v) is 3.32. The standard InChI is InChI=1S/C19H26N2O4/c1-18(2,3)24-17(23)20-15-13-19(15)9-11-21(12-10-19)25-16(22)14-7-5-4-6-8-14/h4-8,15H,9-13H2,1-3H3,(H,20,23)/t15-/m0/s1. The second-order valence-corrected chi connectivity index (χ2v) is 7.94. The zero-order valence-electron chi connectivity index (χ0n) is 15.1. The molecule has 0 unspecified atom stereocenters. The number of nitrogens with one attached hydrogen (secondary N) is 1. The summed E-state index contributed by atoms with van der Waals surface area (Å²) in [6.45, 7) is 6.94. The monoisotopic (exact) mass is 346 g/mol. The lowest BCUT2D eigenvalue weighted by atomic mass is 9.93. The largest absolute Gasteiger partial charge is 0.444 e. The maximum absolute atomic E-state index is 12.1. The smallest absolute Gasteiger partial charge is 0.407 e. The topological polar surface area (TPSA) is 67.9 Å². The predicted octanol–water partition coefficient (Wildman–Crippen LogP) is 3.14. The van der Waals surface area contributed by atoms with Gasteiger partial charge in [-0.25, -0.2) is 9.59 Å². The third-order valence-corrected chi connectivity index (χ3v) is 4.82. The van der Waals surface area contributed by atoms with Gasteiger partial charge in [0.15, 0.2) is 0 Å². The lowest BCUT2D eigenvalue weighted by molar-refractivity contribution is -0.128. The summed E-state index contributed by atoms with van der Waals surface area (Å²) in [5.41, 5.74) is 0.201. The number of rotatable bonds is 3. The molecule has 1 aliphatic heterocycles. The Hall–Kier alpha value is -2.08. The van der Waals surface area contributed by atoms with Crippen molar-refractivity contribution in [2.24, 2.45) is 5.41 Å². The van der Waals surface area contributed by atoms with Crippen molar-refractivity contribution < 1.29 is 19.2 Å². The third kappa shape index (κ3) is 4.51. The molecular formula is C19H26N2O4. The van der Waals surface area contributed by atoms with Gasteiger partial charge in [0.05, 0.1) is 5.56 Å². The van der Waals surface area contributed by atoms with Crippen LogP contribution in [0.4, 0.5) is 4.79 Å². The van der Waals surface area contributed by atoms with Crippen LogP contribution in [0.5, 0.6) is 0 Å². The summed E-state index contributed by atoms with van der Waals surface area (Å²) in [6, 6.07) is 9.16. The molecule has 1 saturated heterocycles. The number of alkyl carbamates (subject to hydrolysis) is 1. The summed E-state index contributed by atoms with van der Waals surface area (Å²) in [5, 5.41) is 4.69. The minimum absolute atomic E-state index is 0.132. The quantitative estimate of drug-likeness (QED) is 0.911. The highest BCUT2D eigenvalue weighted by molar-refractivity contribution is 5.89. The molecule has 2 aliphatic rings. The molecule has 1 saturated carbocycles. The number of carbonyl (C=O) groups is 2. The van der Waals surface area contributed by atoms with E-state index in [4.69, 9.17) is 9.57 Å². The van der Waals surface area contributed by atoms with E-state index in [1.807, 2.05) is 39.0 Å². The average Bonchev–Trinajstić information content (AvgIpc) is 3.20. The first-order chi connectivity index (χ1) is 11.8. The van der Waals surface area contributed by atoms with Gasteiger partial charge >= 0.3 is 12.1 Å². The molecule has 6 nitrogen and oxygen atoms in total. The highest BCUT2D eigenvalue weighted by Gasteiger charge is 2.56. The number of hydrogen-bond donors (Lipinski definition) is 1. The van der Waals surface area contributed by atoms with Gasteiger partial charge < -0.3 is 14.9 Å². The minimum Gasteiger partial charge on any atom is -0.444 e. The average molecular weight is 346 g/mol. The number of hydroxylamine groups is 2. The number of amides is 1. The highest BCUT2D eigenvalue weighted by Crippen LogP contribution is 2.54. The van der Waals surface area contributed by atoms with E-state index in [0.29, 0.717) is 18.7 Å². The van der Waals surface area contributed by atoms with E-state index in [1.54, 1.807) is 17.2 Å². The van der Waals surface area contributed by atoms with Gasteiger partial charge in [-0.1, -0.05) is 18.2 Å². The Kier molecular flexibility index (Phi) is 4.73. The van der Waals surface area contributed by atoms with Gasteiger partial charge in [0.1, 0.15) is 5.60 Å². The van der Waals surface area contributed by atoms with Crippen LogP contribution < -0.4 is 5.32 Å². The van der Waals surface area contributed by atoms with E-state index in [0.717, 1.165) is 19.3 Å². The molecule has 0 bridgehead atoms. The predicted molar refractivity (Wildman–Crippen MR) is 92.9 cm³/mol. The highest BCUT2D eigenvalue weighted by atomic mass is 16.7. The zero-order valence-corrected chi connectivity index (χ0v) is 15.1. The molecule has 25 heavy (non-hydrogen) atoms. The summed E-state index contributed by atoms with van der Waals surface area (Å²) in [6.07, 6.45) is 2.41. The van der Waals surface area contributed by atoms with Crippen molar-refractivity contribution in [1.29, 1.82) is 0 Å². The van der Waals surface area contributed by atoms with Gasteiger partial charge in [0.2, 0.25) is 0 Å². The van der Waals surface area contributed by atoms with E-state index < -0.39 is 5.60 Å². The van der Waals surface area contributed by atoms with Crippen LogP contribution in [-0.4, -0.2) is 41.9 Å². The van der Waals surface area contributed by atoms with Gasteiger partial charge in [-0.15, -0.1) is 5.06 Å². The van der Waals surface area contributed by atoms with Crippen LogP contribution in [0.15, 0.2) is 30.3 Å². The molecule has 6 heteroatoms. The van der Waals surface area contributed by atoms with E-state index in [1.165, 1.54) is 0 Å². The van der Waals surface area contributed by atoms with Crippen LogP contribution in [0.3, 0.4) is 0 Å². The molecule has 0 radical (unpaired) electrons. The van der Waals surface area contributed by atoms with Crippen LogP contribution in [0.25, 0.3) is 0 Å². The van der Waals surface area contributed by atoms with Crippen LogP contribution in [0.1, 0.15) is 50.4 Å². The van der Waals surface area contributed by atoms with E-state index >= 15 is 0 Å². The Balaban J connectivity index is 1.44. The number of ether oxygens (including phenoxy) is 1. The van der Waals surface area contributed by atoms with Crippen molar-refractivity contribution in [3.8, 4) is 0 Å². The first kappa shape index (κ1) is 17.7. The molecule has 1 atom stereocenters. The third-order valence-electron chi connectivity index (χ3n) is 4.82. The summed E-state index contributed by atoms with van der Waals surface area (Å²) >= 11 is 0. The van der Waals surface area contributed by atoms with Crippen LogP contribution in [0.2, 0.25) is 0 Å². The molecule has 0 aromatic heterocycles. The normalized spacial score (nSPS) is 22.3. The van der Waals surface area contributed by atoms with Gasteiger partial charge in [-0.05, 0) is 57.6 Å². The first-order valence-electron chi connectivity index (χ1n) is 8.79. The maximum Gasteiger partial charge on any atom is 0.407 e. The summed E-state index contributed by atoms with van der Waals surface area (Å²) in [5.74, 6) is -0.323. The second-order valence-electron chi connectivity index (χ2n) is 7.94. The molecule has 1 heterocycles. The number of hydrogen-bond acceptors (Lipinski definition) is 5. The molecule has 3 rings (SSSR count). The van der Waals surface area contributed by atoms with Crippen molar-refractivity contribution in [1.82, 2.24) is 10.4 Å². The molecule has 1 aromatic carbocycles. The molecule has 136 valence electrons. The molecule has 1 aliphatic carbocycles. The van der Waals surface area contributed by atoms with Crippen molar-refractivity contribution in [2.45, 2.75) is 51.7 Å². The Morgan fingerprint density at radius 2 is 1.80 bits per heavy atom. The maximum atomic E-state index is 12.1. The first-order valence-corrected chi connectivity index (χ1v) is 8.79. The molecule has 1 aromatic rings. The Morgan fingerprint density at radius 1 is 1.16 bits per heavy atom. The number of carbonyl (C=O) groups excluding carboxylic acids is 2. The van der Waals surface area contributed by atoms with Crippen molar-refractivity contribution >= 4 is 12.1 Å². The summed E-state index contributed by atoms with van der Waals surface area (Å²) < 4.78 is 5.32. The Bertz CT molecular complexity index is 631. The lowest BCUT2D eigenvalue weighted by Gasteiger charge is -2.31. The minimum atomic E-state index is -0.485. The van der Waals surface area contributed by atoms with E-state index in [9.17, 15) is 9.59 Å². The fraction of sp³-hybridized carbons (Fsp3) is 0.579. The molecule has 1 N–H and O–H groups in total. The summed E-state index contributed by atoms with van der Waals surface area (Å²) in [4.78, 5) is 29.4.